The van der Waals surface area contributed by atoms with E-state index in [-0.39, 0.29) is 26.5 Å². The molecule has 0 amide bonds. The first-order valence-electron chi connectivity index (χ1n) is 11.6. The Kier molecular flexibility index (Phi) is 7.01. The summed E-state index contributed by atoms with van der Waals surface area (Å²) in [5.41, 5.74) is 5.30. The van der Waals surface area contributed by atoms with Crippen LogP contribution in [0.5, 0.6) is 11.5 Å². The van der Waals surface area contributed by atoms with Gasteiger partial charge in [0.05, 0.1) is 4.83 Å². The van der Waals surface area contributed by atoms with E-state index in [4.69, 9.17) is 0 Å². The van der Waals surface area contributed by atoms with E-state index in [2.05, 4.69) is 123 Å². The SMILES string of the molecule is CC(C)(C)c1cc(C(Br)c2cc(C(C)(C)C)c(O)c(C(C)(C)C)c2)cc(C(C)(C)C)c1O. The van der Waals surface area contributed by atoms with Crippen LogP contribution in [-0.4, -0.2) is 10.2 Å². The number of rotatable bonds is 2. The van der Waals surface area contributed by atoms with Crippen LogP contribution >= 0.6 is 15.9 Å². The average Bonchev–Trinajstić information content (AvgIpc) is 2.57. The molecular formula is C29H43BrO2. The number of halogens is 1. The van der Waals surface area contributed by atoms with E-state index in [1.165, 1.54) is 0 Å². The molecule has 0 fully saturated rings. The molecule has 0 saturated heterocycles. The molecule has 0 aliphatic carbocycles. The molecule has 0 unspecified atom stereocenters. The highest BCUT2D eigenvalue weighted by Gasteiger charge is 2.31. The topological polar surface area (TPSA) is 40.5 Å². The predicted octanol–water partition coefficient (Wildman–Crippen LogP) is 8.77. The lowest BCUT2D eigenvalue weighted by Crippen LogP contribution is -2.19. The van der Waals surface area contributed by atoms with Crippen LogP contribution in [0.3, 0.4) is 0 Å². The molecule has 0 saturated carbocycles. The lowest BCUT2D eigenvalue weighted by atomic mass is 9.76. The molecule has 178 valence electrons. The van der Waals surface area contributed by atoms with E-state index in [0.29, 0.717) is 11.5 Å². The Balaban J connectivity index is 2.84. The van der Waals surface area contributed by atoms with Crippen molar-refractivity contribution in [2.45, 2.75) is 110 Å². The molecule has 2 N–H and O–H groups in total. The summed E-state index contributed by atoms with van der Waals surface area (Å²) in [5, 5.41) is 22.3. The van der Waals surface area contributed by atoms with Gasteiger partial charge in [0, 0.05) is 0 Å². The number of phenolic OH excluding ortho intramolecular Hbond substituents is 2. The largest absolute Gasteiger partial charge is 0.507 e. The van der Waals surface area contributed by atoms with Gasteiger partial charge >= 0.3 is 0 Å². The van der Waals surface area contributed by atoms with Crippen LogP contribution in [0.1, 0.15) is 121 Å². The second-order valence-corrected chi connectivity index (χ2v) is 14.2. The Morgan fingerprint density at radius 1 is 0.500 bits per heavy atom. The van der Waals surface area contributed by atoms with E-state index in [1.807, 2.05) is 0 Å². The van der Waals surface area contributed by atoms with Crippen molar-refractivity contribution in [3.05, 3.63) is 57.6 Å². The van der Waals surface area contributed by atoms with Crippen molar-refractivity contribution in [2.24, 2.45) is 0 Å². The van der Waals surface area contributed by atoms with Crippen molar-refractivity contribution < 1.29 is 10.2 Å². The zero-order chi connectivity index (χ0) is 25.0. The average molecular weight is 504 g/mol. The second kappa shape index (κ2) is 8.38. The number of hydrogen-bond acceptors (Lipinski definition) is 2. The molecule has 2 rings (SSSR count). The lowest BCUT2D eigenvalue weighted by Gasteiger charge is -2.31. The van der Waals surface area contributed by atoms with Crippen LogP contribution in [0.25, 0.3) is 0 Å². The quantitative estimate of drug-likeness (QED) is 0.402. The maximum Gasteiger partial charge on any atom is 0.123 e. The normalized spacial score (nSPS) is 13.7. The highest BCUT2D eigenvalue weighted by atomic mass is 79.9. The molecule has 2 aromatic rings. The van der Waals surface area contributed by atoms with Gasteiger partial charge in [0.25, 0.3) is 0 Å². The van der Waals surface area contributed by atoms with Crippen LogP contribution in [0, 0.1) is 0 Å². The van der Waals surface area contributed by atoms with Crippen LogP contribution in [-0.2, 0) is 21.7 Å². The fourth-order valence-electron chi connectivity index (χ4n) is 4.09. The summed E-state index contributed by atoms with van der Waals surface area (Å²) in [7, 11) is 0. The van der Waals surface area contributed by atoms with Crippen molar-refractivity contribution in [1.82, 2.24) is 0 Å². The van der Waals surface area contributed by atoms with Gasteiger partial charge in [-0.2, -0.15) is 0 Å². The molecule has 3 heteroatoms. The third-order valence-electron chi connectivity index (χ3n) is 6.08. The smallest absolute Gasteiger partial charge is 0.123 e. The summed E-state index contributed by atoms with van der Waals surface area (Å²) in [6, 6.07) is 8.52. The molecule has 2 aromatic carbocycles. The number of alkyl halides is 1. The van der Waals surface area contributed by atoms with Gasteiger partial charge in [-0.15, -0.1) is 0 Å². The highest BCUT2D eigenvalue weighted by molar-refractivity contribution is 9.09. The van der Waals surface area contributed by atoms with Crippen molar-refractivity contribution >= 4 is 15.9 Å². The maximum absolute atomic E-state index is 11.1. The van der Waals surface area contributed by atoms with Gasteiger partial charge in [-0.05, 0) is 55.0 Å². The molecule has 0 aromatic heterocycles. The molecule has 0 bridgehead atoms. The monoisotopic (exact) mass is 502 g/mol. The van der Waals surface area contributed by atoms with Crippen molar-refractivity contribution in [2.75, 3.05) is 0 Å². The van der Waals surface area contributed by atoms with E-state index >= 15 is 0 Å². The van der Waals surface area contributed by atoms with Gasteiger partial charge in [-0.25, -0.2) is 0 Å². The van der Waals surface area contributed by atoms with E-state index in [9.17, 15) is 10.2 Å². The number of phenols is 2. The first-order chi connectivity index (χ1) is 14.2. The Labute approximate surface area is 204 Å². The molecule has 0 spiro atoms. The van der Waals surface area contributed by atoms with Crippen molar-refractivity contribution in [3.63, 3.8) is 0 Å². The molecule has 0 aliphatic rings. The van der Waals surface area contributed by atoms with Gasteiger partial charge in [-0.3, -0.25) is 0 Å². The summed E-state index contributed by atoms with van der Waals surface area (Å²) < 4.78 is 0. The predicted molar refractivity (Wildman–Crippen MR) is 142 cm³/mol. The molecule has 0 heterocycles. The number of benzene rings is 2. The lowest BCUT2D eigenvalue weighted by molar-refractivity contribution is 0.422. The minimum absolute atomic E-state index is 0.0619. The first kappa shape index (κ1) is 26.8. The minimum atomic E-state index is -0.186. The third-order valence-corrected chi connectivity index (χ3v) is 7.14. The minimum Gasteiger partial charge on any atom is -0.507 e. The summed E-state index contributed by atoms with van der Waals surface area (Å²) in [6.07, 6.45) is 0. The van der Waals surface area contributed by atoms with Crippen molar-refractivity contribution in [3.8, 4) is 11.5 Å². The molecular weight excluding hydrogens is 460 g/mol. The maximum atomic E-state index is 11.1. The highest BCUT2D eigenvalue weighted by Crippen LogP contribution is 2.46. The Bertz CT molecular complexity index is 838. The van der Waals surface area contributed by atoms with Crippen LogP contribution < -0.4 is 0 Å². The standard InChI is InChI=1S/C29H43BrO2/c1-26(2,3)19-13-17(14-20(24(19)31)27(4,5)6)23(30)18-15-21(28(7,8)9)25(32)22(16-18)29(10,11)12/h13-16,23,31-32H,1-12H3. The number of aromatic hydroxyl groups is 2. The summed E-state index contributed by atoms with van der Waals surface area (Å²) in [5.74, 6) is 0.787. The van der Waals surface area contributed by atoms with E-state index < -0.39 is 0 Å². The van der Waals surface area contributed by atoms with Crippen LogP contribution in [0.15, 0.2) is 24.3 Å². The Morgan fingerprint density at radius 2 is 0.688 bits per heavy atom. The fourth-order valence-corrected chi connectivity index (χ4v) is 4.61. The van der Waals surface area contributed by atoms with Gasteiger partial charge in [0.2, 0.25) is 0 Å². The van der Waals surface area contributed by atoms with E-state index in [1.54, 1.807) is 0 Å². The molecule has 0 atom stereocenters. The zero-order valence-corrected chi connectivity index (χ0v) is 23.7. The Morgan fingerprint density at radius 3 is 0.844 bits per heavy atom. The summed E-state index contributed by atoms with van der Waals surface area (Å²) >= 11 is 3.98. The zero-order valence-electron chi connectivity index (χ0n) is 22.2. The molecule has 2 nitrogen and oxygen atoms in total. The van der Waals surface area contributed by atoms with Crippen LogP contribution in [0.2, 0.25) is 0 Å². The fraction of sp³-hybridized carbons (Fsp3) is 0.586. The van der Waals surface area contributed by atoms with Gasteiger partial charge < -0.3 is 10.2 Å². The van der Waals surface area contributed by atoms with Crippen molar-refractivity contribution in [1.29, 1.82) is 0 Å². The Hall–Kier alpha value is -1.48. The molecule has 0 aliphatic heterocycles. The van der Waals surface area contributed by atoms with E-state index in [0.717, 1.165) is 33.4 Å². The third kappa shape index (κ3) is 5.53. The first-order valence-corrected chi connectivity index (χ1v) is 12.5. The summed E-state index contributed by atoms with van der Waals surface area (Å²) in [6.45, 7) is 25.6. The summed E-state index contributed by atoms with van der Waals surface area (Å²) in [4.78, 5) is -0.0619. The van der Waals surface area contributed by atoms with Crippen LogP contribution in [0.4, 0.5) is 0 Å². The van der Waals surface area contributed by atoms with Gasteiger partial charge in [0.1, 0.15) is 11.5 Å². The van der Waals surface area contributed by atoms with Gasteiger partial charge in [-0.1, -0.05) is 123 Å². The second-order valence-electron chi connectivity index (χ2n) is 13.3. The van der Waals surface area contributed by atoms with Gasteiger partial charge in [0.15, 0.2) is 0 Å². The molecule has 32 heavy (non-hydrogen) atoms. The molecule has 0 radical (unpaired) electrons. The number of hydrogen-bond donors (Lipinski definition) is 2.